The predicted octanol–water partition coefficient (Wildman–Crippen LogP) is 6.67. The summed E-state index contributed by atoms with van der Waals surface area (Å²) in [4.78, 5) is 0. The van der Waals surface area contributed by atoms with E-state index < -0.39 is 17.0 Å². The Morgan fingerprint density at radius 2 is 1.75 bits per heavy atom. The van der Waals surface area contributed by atoms with Gasteiger partial charge < -0.3 is 4.57 Å². The molecule has 0 fully saturated rings. The van der Waals surface area contributed by atoms with Crippen molar-refractivity contribution in [2.24, 2.45) is 5.41 Å². The van der Waals surface area contributed by atoms with E-state index >= 15 is 0 Å². The molecule has 24 heavy (non-hydrogen) atoms. The molecular weight excluding hydrogens is 373 g/mol. The molecule has 3 aromatic rings. The maximum Gasteiger partial charge on any atom is 0.00705 e. The number of benzene rings is 1. The van der Waals surface area contributed by atoms with Crippen LogP contribution in [0, 0.1) is 11.5 Å². The Kier molecular flexibility index (Phi) is 7.52. The van der Waals surface area contributed by atoms with Gasteiger partial charge in [0.2, 0.25) is 0 Å². The van der Waals surface area contributed by atoms with Crippen LogP contribution in [0.1, 0.15) is 13.8 Å². The third-order valence-corrected chi connectivity index (χ3v) is 3.57. The fraction of sp³-hybridized carbons (Fsp3) is 0.150. The fourth-order valence-corrected chi connectivity index (χ4v) is 2.39. The second-order valence-electron chi connectivity index (χ2n) is 5.90. The minimum atomic E-state index is -0.556. The first-order chi connectivity index (χ1) is 11.6. The van der Waals surface area contributed by atoms with Gasteiger partial charge >= 0.3 is 35.6 Å². The molecule has 0 saturated heterocycles. The molecular formula is C20H19Cl2NTi-2. The zero-order valence-electron chi connectivity index (χ0n) is 13.7. The third-order valence-electron chi connectivity index (χ3n) is 3.57. The van der Waals surface area contributed by atoms with E-state index in [0.717, 1.165) is 0 Å². The van der Waals surface area contributed by atoms with Gasteiger partial charge in [-0.2, -0.15) is 6.08 Å². The van der Waals surface area contributed by atoms with Crippen molar-refractivity contribution in [1.29, 1.82) is 0 Å². The van der Waals surface area contributed by atoms with Crippen LogP contribution in [-0.2, 0) is 17.0 Å². The quantitative estimate of drug-likeness (QED) is 0.322. The van der Waals surface area contributed by atoms with E-state index in [4.69, 9.17) is 18.6 Å². The summed E-state index contributed by atoms with van der Waals surface area (Å²) in [6.07, 6.45) is 13.4. The Morgan fingerprint density at radius 1 is 1.08 bits per heavy atom. The van der Waals surface area contributed by atoms with Crippen molar-refractivity contribution in [3.8, 4) is 5.69 Å². The van der Waals surface area contributed by atoms with Crippen molar-refractivity contribution in [3.63, 3.8) is 0 Å². The van der Waals surface area contributed by atoms with Gasteiger partial charge in [0.05, 0.1) is 0 Å². The molecule has 2 aromatic carbocycles. The van der Waals surface area contributed by atoms with Gasteiger partial charge in [-0.05, 0) is 17.8 Å². The summed E-state index contributed by atoms with van der Waals surface area (Å²) in [7, 11) is 9.78. The Balaban J connectivity index is 0.000000176. The second-order valence-corrected chi connectivity index (χ2v) is 8.48. The fourth-order valence-electron chi connectivity index (χ4n) is 2.39. The molecule has 1 aliphatic carbocycles. The Hall–Kier alpha value is -1.12. The van der Waals surface area contributed by atoms with Gasteiger partial charge in [0.25, 0.3) is 0 Å². The van der Waals surface area contributed by atoms with Crippen molar-refractivity contribution in [3.05, 3.63) is 85.2 Å². The number of hydrogen-bond acceptors (Lipinski definition) is 0. The second kappa shape index (κ2) is 9.39. The molecule has 0 bridgehead atoms. The Bertz CT molecular complexity index is 751. The number of halogens is 2. The van der Waals surface area contributed by atoms with Crippen LogP contribution in [0.2, 0.25) is 0 Å². The van der Waals surface area contributed by atoms with Gasteiger partial charge in [0.1, 0.15) is 0 Å². The molecule has 0 unspecified atom stereocenters. The first-order valence-electron chi connectivity index (χ1n) is 7.59. The van der Waals surface area contributed by atoms with Gasteiger partial charge in [0.15, 0.2) is 0 Å². The Labute approximate surface area is 160 Å². The van der Waals surface area contributed by atoms with Gasteiger partial charge in [-0.25, -0.2) is 12.2 Å². The summed E-state index contributed by atoms with van der Waals surface area (Å²) < 4.78 is 2.12. The number of fused-ring (bicyclic) bond motifs is 1. The molecule has 0 aliphatic heterocycles. The minimum Gasteiger partial charge on any atom is -0.342 e. The van der Waals surface area contributed by atoms with Crippen molar-refractivity contribution in [1.82, 2.24) is 4.57 Å². The van der Waals surface area contributed by atoms with Gasteiger partial charge in [-0.3, -0.25) is 6.08 Å². The zero-order valence-corrected chi connectivity index (χ0v) is 16.8. The van der Waals surface area contributed by atoms with Crippen molar-refractivity contribution >= 4 is 29.4 Å². The van der Waals surface area contributed by atoms with Gasteiger partial charge in [0, 0.05) is 12.4 Å². The summed E-state index contributed by atoms with van der Waals surface area (Å²) in [6.45, 7) is 4.26. The van der Waals surface area contributed by atoms with Gasteiger partial charge in [-0.15, -0.1) is 41.1 Å². The third kappa shape index (κ3) is 5.75. The van der Waals surface area contributed by atoms with E-state index in [0.29, 0.717) is 0 Å². The molecule has 124 valence electrons. The monoisotopic (exact) mass is 391 g/mol. The number of hydrogen-bond donors (Lipinski definition) is 0. The van der Waals surface area contributed by atoms with E-state index in [9.17, 15) is 0 Å². The van der Waals surface area contributed by atoms with Crippen LogP contribution in [0.4, 0.5) is 0 Å². The average molecular weight is 392 g/mol. The number of allylic oxidation sites excluding steroid dienone is 4. The molecule has 0 spiro atoms. The molecule has 4 heteroatoms. The maximum atomic E-state index is 4.89. The number of nitrogens with zero attached hydrogens (tertiary/aromatic N) is 1. The summed E-state index contributed by atoms with van der Waals surface area (Å²) in [6, 6.07) is 16.9. The predicted molar refractivity (Wildman–Crippen MR) is 101 cm³/mol. The largest absolute Gasteiger partial charge is 0.342 e. The summed E-state index contributed by atoms with van der Waals surface area (Å²) in [5.41, 5.74) is 1.44. The van der Waals surface area contributed by atoms with E-state index in [1.165, 1.54) is 16.5 Å². The number of aromatic nitrogens is 1. The van der Waals surface area contributed by atoms with Crippen molar-refractivity contribution in [2.75, 3.05) is 0 Å². The normalized spacial score (nSPS) is 13.8. The summed E-state index contributed by atoms with van der Waals surface area (Å²) >= 11 is -0.556. The minimum absolute atomic E-state index is 0.208. The summed E-state index contributed by atoms with van der Waals surface area (Å²) in [5.74, 6) is 0. The maximum absolute atomic E-state index is 4.89. The van der Waals surface area contributed by atoms with Crippen LogP contribution >= 0.6 is 18.6 Å². The average Bonchev–Trinajstić information content (AvgIpc) is 3.27. The molecule has 1 heterocycles. The van der Waals surface area contributed by atoms with Crippen LogP contribution in [0.15, 0.2) is 79.2 Å². The standard InChI is InChI=1S/C13H10N.C7H9.2ClH.Ti/c1-2-6-12-10-13(9-11(12)5-1)14-7-3-4-8-14;1-7(2)5-3-4-6-7;;;/h1-10H;3-5H,1-2H3;2*1H;/q2*-1;;;+2/p-2. The smallest absolute Gasteiger partial charge is 0.00705 e. The van der Waals surface area contributed by atoms with Crippen molar-refractivity contribution < 1.29 is 17.0 Å². The van der Waals surface area contributed by atoms with Crippen LogP contribution in [-0.4, -0.2) is 4.57 Å². The molecule has 0 radical (unpaired) electrons. The molecule has 0 N–H and O–H groups in total. The van der Waals surface area contributed by atoms with Crippen LogP contribution in [0.25, 0.3) is 16.5 Å². The van der Waals surface area contributed by atoms with Gasteiger partial charge in [-0.1, -0.05) is 25.3 Å². The van der Waals surface area contributed by atoms with Crippen LogP contribution in [0.5, 0.6) is 0 Å². The molecule has 1 aromatic heterocycles. The molecule has 0 atom stereocenters. The zero-order chi connectivity index (χ0) is 17.4. The molecule has 4 rings (SSSR count). The Morgan fingerprint density at radius 3 is 2.25 bits per heavy atom. The number of rotatable bonds is 1. The van der Waals surface area contributed by atoms with E-state index in [1.54, 1.807) is 0 Å². The molecule has 1 nitrogen and oxygen atoms in total. The molecule has 0 saturated carbocycles. The van der Waals surface area contributed by atoms with E-state index in [2.05, 4.69) is 79.4 Å². The van der Waals surface area contributed by atoms with Crippen LogP contribution < -0.4 is 0 Å². The van der Waals surface area contributed by atoms with E-state index in [1.807, 2.05) is 24.3 Å². The first kappa shape index (κ1) is 19.2. The molecule has 1 aliphatic rings. The topological polar surface area (TPSA) is 4.93 Å². The first-order valence-corrected chi connectivity index (χ1v) is 11.9. The molecule has 0 amide bonds. The van der Waals surface area contributed by atoms with Crippen molar-refractivity contribution in [2.45, 2.75) is 13.8 Å². The van der Waals surface area contributed by atoms with E-state index in [-0.39, 0.29) is 5.41 Å². The van der Waals surface area contributed by atoms with Crippen LogP contribution in [0.3, 0.4) is 0 Å². The summed E-state index contributed by atoms with van der Waals surface area (Å²) in [5, 5.41) is 2.60. The SMILES string of the molecule is CC1(C)[C-]=CC=C1.[Cl][Ti][Cl].c1ccc2[cH-]c(-n3cccc3)cc2c1.